The van der Waals surface area contributed by atoms with Gasteiger partial charge in [-0.05, 0) is 88.2 Å². The number of carboxylic acids is 1. The lowest BCUT2D eigenvalue weighted by molar-refractivity contribution is -0.139. The van der Waals surface area contributed by atoms with Crippen molar-refractivity contribution < 1.29 is 37.6 Å². The fourth-order valence-corrected chi connectivity index (χ4v) is 4.71. The number of carbonyl (C=O) groups is 3. The molecule has 5 aromatic rings. The van der Waals surface area contributed by atoms with Gasteiger partial charge in [-0.25, -0.2) is 14.0 Å². The standard InChI is InChI=1S/C35H33FN4O7/c1-19-6-9-22(10-7-19)28-14-15-29(45-28)31(41)38-27(33(42)43)18-21-8-12-25(26(36)17-21)30-39-32(47-40-30)24-13-11-23(16-20(24)2)37-34(44)46-35(3,4)5/h6-17,27H,18H2,1-5H3,(H,37,44)(H,38,41)(H,42,43). The van der Waals surface area contributed by atoms with E-state index in [4.69, 9.17) is 13.7 Å². The number of halogens is 1. The maximum Gasteiger partial charge on any atom is 0.412 e. The number of anilines is 1. The molecule has 242 valence electrons. The van der Waals surface area contributed by atoms with Gasteiger partial charge in [-0.15, -0.1) is 0 Å². The van der Waals surface area contributed by atoms with E-state index in [1.807, 2.05) is 31.2 Å². The number of carbonyl (C=O) groups excluding carboxylic acids is 2. The fourth-order valence-electron chi connectivity index (χ4n) is 4.71. The maximum absolute atomic E-state index is 15.3. The van der Waals surface area contributed by atoms with Crippen LogP contribution in [0.5, 0.6) is 0 Å². The number of benzene rings is 3. The molecule has 0 aliphatic carbocycles. The number of carboxylic acid groups (broad SMARTS) is 1. The number of ether oxygens (including phenoxy) is 1. The molecular formula is C35H33FN4O7. The quantitative estimate of drug-likeness (QED) is 0.152. The molecule has 0 spiro atoms. The largest absolute Gasteiger partial charge is 0.480 e. The molecular weight excluding hydrogens is 607 g/mol. The van der Waals surface area contributed by atoms with Crippen LogP contribution in [0.1, 0.15) is 48.0 Å². The number of hydrogen-bond donors (Lipinski definition) is 3. The Kier molecular flexibility index (Phi) is 9.22. The molecule has 3 N–H and O–H groups in total. The molecule has 0 aliphatic heterocycles. The predicted molar refractivity (Wildman–Crippen MR) is 171 cm³/mol. The second kappa shape index (κ2) is 13.3. The Hall–Kier alpha value is -5.78. The summed E-state index contributed by atoms with van der Waals surface area (Å²) in [5.41, 5.74) is 3.37. The van der Waals surface area contributed by atoms with Crippen LogP contribution in [0.2, 0.25) is 0 Å². The number of furan rings is 1. The van der Waals surface area contributed by atoms with Crippen molar-refractivity contribution in [1.82, 2.24) is 15.5 Å². The van der Waals surface area contributed by atoms with Crippen LogP contribution >= 0.6 is 0 Å². The molecule has 1 unspecified atom stereocenters. The third-order valence-corrected chi connectivity index (χ3v) is 7.01. The lowest BCUT2D eigenvalue weighted by Gasteiger charge is -2.19. The van der Waals surface area contributed by atoms with Gasteiger partial charge < -0.3 is 24.1 Å². The first-order valence-corrected chi connectivity index (χ1v) is 14.7. The van der Waals surface area contributed by atoms with E-state index < -0.39 is 35.4 Å². The first-order chi connectivity index (χ1) is 22.3. The van der Waals surface area contributed by atoms with E-state index in [1.165, 1.54) is 18.2 Å². The summed E-state index contributed by atoms with van der Waals surface area (Å²) in [4.78, 5) is 41.3. The minimum atomic E-state index is -1.35. The van der Waals surface area contributed by atoms with Crippen molar-refractivity contribution >= 4 is 23.7 Å². The Morgan fingerprint density at radius 3 is 2.34 bits per heavy atom. The molecule has 12 heteroatoms. The van der Waals surface area contributed by atoms with E-state index >= 15 is 4.39 Å². The number of aliphatic carboxylic acids is 1. The van der Waals surface area contributed by atoms with Crippen LogP contribution < -0.4 is 10.6 Å². The highest BCUT2D eigenvalue weighted by Gasteiger charge is 2.24. The van der Waals surface area contributed by atoms with E-state index in [1.54, 1.807) is 52.0 Å². The number of aromatic nitrogens is 2. The van der Waals surface area contributed by atoms with Gasteiger partial charge in [0.2, 0.25) is 5.82 Å². The van der Waals surface area contributed by atoms with Crippen molar-refractivity contribution in [2.75, 3.05) is 5.32 Å². The van der Waals surface area contributed by atoms with E-state index in [9.17, 15) is 19.5 Å². The molecule has 0 radical (unpaired) electrons. The molecule has 2 aromatic heterocycles. The van der Waals surface area contributed by atoms with Gasteiger partial charge in [-0.1, -0.05) is 41.1 Å². The second-order valence-electron chi connectivity index (χ2n) is 12.0. The summed E-state index contributed by atoms with van der Waals surface area (Å²) < 4.78 is 31.6. The summed E-state index contributed by atoms with van der Waals surface area (Å²) in [6.07, 6.45) is -0.782. The molecule has 0 fully saturated rings. The van der Waals surface area contributed by atoms with Crippen molar-refractivity contribution in [3.05, 3.63) is 101 Å². The second-order valence-corrected chi connectivity index (χ2v) is 12.0. The number of aryl methyl sites for hydroxylation is 2. The lowest BCUT2D eigenvalue weighted by Crippen LogP contribution is -2.42. The van der Waals surface area contributed by atoms with Gasteiger partial charge in [0, 0.05) is 23.2 Å². The van der Waals surface area contributed by atoms with Gasteiger partial charge in [0.1, 0.15) is 23.2 Å². The average molecular weight is 641 g/mol. The first kappa shape index (κ1) is 32.6. The molecule has 0 aliphatic rings. The molecule has 1 atom stereocenters. The van der Waals surface area contributed by atoms with Crippen LogP contribution in [0.25, 0.3) is 34.2 Å². The SMILES string of the molecule is Cc1ccc(-c2ccc(C(=O)NC(Cc3ccc(-c4noc(-c5ccc(NC(=O)OC(C)(C)C)cc5C)n4)c(F)c3)C(=O)O)o2)cc1. The normalized spacial score (nSPS) is 12.0. The Bertz CT molecular complexity index is 1940. The van der Waals surface area contributed by atoms with Crippen molar-refractivity contribution in [3.8, 4) is 34.2 Å². The van der Waals surface area contributed by atoms with Gasteiger partial charge in [0.05, 0.1) is 5.56 Å². The van der Waals surface area contributed by atoms with Crippen molar-refractivity contribution in [1.29, 1.82) is 0 Å². The minimum absolute atomic E-state index is 0.00954. The highest BCUT2D eigenvalue weighted by atomic mass is 19.1. The van der Waals surface area contributed by atoms with E-state index in [0.717, 1.165) is 17.2 Å². The number of rotatable bonds is 9. The van der Waals surface area contributed by atoms with Crippen LogP contribution in [0.4, 0.5) is 14.9 Å². The van der Waals surface area contributed by atoms with Gasteiger partial charge in [-0.3, -0.25) is 10.1 Å². The van der Waals surface area contributed by atoms with Crippen molar-refractivity contribution in [2.45, 2.75) is 52.7 Å². The van der Waals surface area contributed by atoms with Crippen LogP contribution in [-0.2, 0) is 16.0 Å². The van der Waals surface area contributed by atoms with Gasteiger partial charge in [0.15, 0.2) is 5.76 Å². The number of hydrogen-bond acceptors (Lipinski definition) is 8. The number of nitrogens with zero attached hydrogens (tertiary/aromatic N) is 2. The smallest absolute Gasteiger partial charge is 0.412 e. The summed E-state index contributed by atoms with van der Waals surface area (Å²) in [5, 5.41) is 18.8. The van der Waals surface area contributed by atoms with Gasteiger partial charge >= 0.3 is 12.1 Å². The Morgan fingerprint density at radius 1 is 0.957 bits per heavy atom. The van der Waals surface area contributed by atoms with E-state index in [-0.39, 0.29) is 29.5 Å². The van der Waals surface area contributed by atoms with Crippen LogP contribution in [0.3, 0.4) is 0 Å². The molecule has 0 saturated carbocycles. The molecule has 2 heterocycles. The van der Waals surface area contributed by atoms with Gasteiger partial charge in [-0.2, -0.15) is 4.98 Å². The summed E-state index contributed by atoms with van der Waals surface area (Å²) >= 11 is 0. The van der Waals surface area contributed by atoms with Crippen molar-refractivity contribution in [2.24, 2.45) is 0 Å². The number of amides is 2. The molecule has 0 saturated heterocycles. The molecule has 2 amide bonds. The minimum Gasteiger partial charge on any atom is -0.480 e. The predicted octanol–water partition coefficient (Wildman–Crippen LogP) is 7.19. The molecule has 11 nitrogen and oxygen atoms in total. The third-order valence-electron chi connectivity index (χ3n) is 7.01. The van der Waals surface area contributed by atoms with E-state index in [2.05, 4.69) is 20.8 Å². The Labute approximate surface area is 269 Å². The zero-order valence-corrected chi connectivity index (χ0v) is 26.4. The summed E-state index contributed by atoms with van der Waals surface area (Å²) in [7, 11) is 0. The summed E-state index contributed by atoms with van der Waals surface area (Å²) in [6.45, 7) is 9.05. The topological polar surface area (TPSA) is 157 Å². The van der Waals surface area contributed by atoms with Crippen LogP contribution in [-0.4, -0.2) is 44.9 Å². The zero-order chi connectivity index (χ0) is 33.9. The first-order valence-electron chi connectivity index (χ1n) is 14.7. The maximum atomic E-state index is 15.3. The molecule has 5 rings (SSSR count). The third kappa shape index (κ3) is 8.09. The monoisotopic (exact) mass is 640 g/mol. The summed E-state index contributed by atoms with van der Waals surface area (Å²) in [6, 6.07) is 18.4. The van der Waals surface area contributed by atoms with Gasteiger partial charge in [0.25, 0.3) is 11.8 Å². The lowest BCUT2D eigenvalue weighted by atomic mass is 10.0. The molecule has 47 heavy (non-hydrogen) atoms. The highest BCUT2D eigenvalue weighted by Crippen LogP contribution is 2.29. The Morgan fingerprint density at radius 2 is 1.68 bits per heavy atom. The number of nitrogens with one attached hydrogen (secondary N) is 2. The highest BCUT2D eigenvalue weighted by molar-refractivity contribution is 5.95. The molecule has 0 bridgehead atoms. The van der Waals surface area contributed by atoms with Crippen LogP contribution in [0.15, 0.2) is 81.7 Å². The van der Waals surface area contributed by atoms with Crippen LogP contribution in [0, 0.1) is 19.7 Å². The Balaban J connectivity index is 1.25. The zero-order valence-electron chi connectivity index (χ0n) is 26.4. The van der Waals surface area contributed by atoms with Crippen molar-refractivity contribution in [3.63, 3.8) is 0 Å². The van der Waals surface area contributed by atoms with E-state index in [0.29, 0.717) is 28.1 Å². The average Bonchev–Trinajstić information content (AvgIpc) is 3.67. The fraction of sp³-hybridized carbons (Fsp3) is 0.229. The summed E-state index contributed by atoms with van der Waals surface area (Å²) in [5.74, 6) is -2.16. The molecule has 3 aromatic carbocycles.